The monoisotopic (exact) mass is 218 g/mol. The average Bonchev–Trinajstić information content (AvgIpc) is 2.22. The highest BCUT2D eigenvalue weighted by Crippen LogP contribution is 2.29. The average molecular weight is 218 g/mol. The fourth-order valence-electron chi connectivity index (χ4n) is 1.01. The van der Waals surface area contributed by atoms with E-state index in [4.69, 9.17) is 0 Å². The van der Waals surface area contributed by atoms with Gasteiger partial charge >= 0.3 is 23.9 Å². The van der Waals surface area contributed by atoms with Crippen molar-refractivity contribution in [2.75, 3.05) is 0 Å². The van der Waals surface area contributed by atoms with Gasteiger partial charge in [-0.3, -0.25) is 9.59 Å². The molecule has 1 heterocycles. The maximum atomic E-state index is 10.6. The Morgan fingerprint density at radius 2 is 1.40 bits per heavy atom. The Hall–Kier alpha value is -1.44. The van der Waals surface area contributed by atoms with Gasteiger partial charge in [-0.2, -0.15) is 0 Å². The van der Waals surface area contributed by atoms with Crippen LogP contribution < -0.4 is 0 Å². The van der Waals surface area contributed by atoms with E-state index in [0.717, 1.165) is 26.0 Å². The molecule has 0 aliphatic carbocycles. The lowest BCUT2D eigenvalue weighted by Gasteiger charge is -2.25. The van der Waals surface area contributed by atoms with Crippen molar-refractivity contribution in [3.05, 3.63) is 12.2 Å². The summed E-state index contributed by atoms with van der Waals surface area (Å²) in [6.45, 7) is 2.08. The van der Waals surface area contributed by atoms with Crippen LogP contribution in [0.5, 0.6) is 0 Å². The lowest BCUT2D eigenvalue weighted by atomic mass is 10.4. The van der Waals surface area contributed by atoms with Crippen molar-refractivity contribution in [3.63, 3.8) is 0 Å². The van der Waals surface area contributed by atoms with Crippen molar-refractivity contribution in [2.24, 2.45) is 0 Å². The van der Waals surface area contributed by atoms with Crippen molar-refractivity contribution in [2.45, 2.75) is 25.8 Å². The van der Waals surface area contributed by atoms with E-state index in [-0.39, 0.29) is 0 Å². The molecule has 1 rings (SSSR count). The van der Waals surface area contributed by atoms with Crippen molar-refractivity contribution >= 4 is 11.9 Å². The number of aliphatic hydroxyl groups is 2. The minimum atomic E-state index is -2.42. The summed E-state index contributed by atoms with van der Waals surface area (Å²) in [6, 6.07) is 0. The molecule has 0 aromatic carbocycles. The van der Waals surface area contributed by atoms with Gasteiger partial charge in [0.25, 0.3) is 0 Å². The standard InChI is InChI=1S/C8H10O7/c1-5(9)13-7(11)3-4-8(12,15-7)14-6(2)10/h3-4,11-12H,1-2H3. The van der Waals surface area contributed by atoms with Gasteiger partial charge in [0.1, 0.15) is 0 Å². The van der Waals surface area contributed by atoms with Crippen LogP contribution in [0.1, 0.15) is 13.8 Å². The Morgan fingerprint density at radius 1 is 1.07 bits per heavy atom. The van der Waals surface area contributed by atoms with Gasteiger partial charge in [0, 0.05) is 26.0 Å². The lowest BCUT2D eigenvalue weighted by molar-refractivity contribution is -0.417. The molecule has 2 unspecified atom stereocenters. The third-order valence-corrected chi connectivity index (χ3v) is 1.38. The zero-order valence-electron chi connectivity index (χ0n) is 8.09. The van der Waals surface area contributed by atoms with Crippen molar-refractivity contribution in [1.29, 1.82) is 0 Å². The molecule has 0 amide bonds. The maximum Gasteiger partial charge on any atom is 0.354 e. The van der Waals surface area contributed by atoms with E-state index in [1.54, 1.807) is 0 Å². The molecule has 0 saturated heterocycles. The second kappa shape index (κ2) is 3.61. The fourth-order valence-corrected chi connectivity index (χ4v) is 1.01. The minimum Gasteiger partial charge on any atom is -0.404 e. The van der Waals surface area contributed by atoms with Crippen LogP contribution in [0.2, 0.25) is 0 Å². The first-order valence-corrected chi connectivity index (χ1v) is 3.99. The van der Waals surface area contributed by atoms with Gasteiger partial charge in [-0.15, -0.1) is 0 Å². The van der Waals surface area contributed by atoms with Gasteiger partial charge in [0.05, 0.1) is 0 Å². The zero-order chi connectivity index (χ0) is 11.7. The first-order valence-electron chi connectivity index (χ1n) is 3.99. The van der Waals surface area contributed by atoms with Gasteiger partial charge in [0.2, 0.25) is 0 Å². The summed E-state index contributed by atoms with van der Waals surface area (Å²) in [5.74, 6) is -6.49. The van der Waals surface area contributed by atoms with E-state index in [1.165, 1.54) is 0 Å². The predicted molar refractivity (Wildman–Crippen MR) is 43.7 cm³/mol. The molecule has 2 N–H and O–H groups in total. The van der Waals surface area contributed by atoms with Crippen molar-refractivity contribution in [3.8, 4) is 0 Å². The molecule has 0 saturated carbocycles. The molecule has 0 spiro atoms. The number of ether oxygens (including phenoxy) is 3. The van der Waals surface area contributed by atoms with Gasteiger partial charge in [-0.25, -0.2) is 4.74 Å². The topological polar surface area (TPSA) is 102 Å². The second-order valence-corrected chi connectivity index (χ2v) is 2.88. The first kappa shape index (κ1) is 11.6. The molecule has 0 aromatic heterocycles. The quantitative estimate of drug-likeness (QED) is 0.348. The molecule has 7 heteroatoms. The van der Waals surface area contributed by atoms with E-state index in [2.05, 4.69) is 14.2 Å². The highest BCUT2D eigenvalue weighted by Gasteiger charge is 2.48. The molecule has 84 valence electrons. The summed E-state index contributed by atoms with van der Waals surface area (Å²) in [7, 11) is 0. The zero-order valence-corrected chi connectivity index (χ0v) is 8.09. The smallest absolute Gasteiger partial charge is 0.354 e. The molecule has 0 fully saturated rings. The molecule has 0 radical (unpaired) electrons. The Balaban J connectivity index is 2.70. The van der Waals surface area contributed by atoms with E-state index < -0.39 is 23.9 Å². The molecule has 15 heavy (non-hydrogen) atoms. The number of hydrogen-bond donors (Lipinski definition) is 2. The van der Waals surface area contributed by atoms with Gasteiger partial charge in [-0.1, -0.05) is 0 Å². The summed E-state index contributed by atoms with van der Waals surface area (Å²) in [4.78, 5) is 21.1. The fraction of sp³-hybridized carbons (Fsp3) is 0.500. The van der Waals surface area contributed by atoms with Crippen LogP contribution in [-0.4, -0.2) is 34.1 Å². The minimum absolute atomic E-state index is 0.825. The molecule has 2 atom stereocenters. The van der Waals surface area contributed by atoms with Crippen molar-refractivity contribution in [1.82, 2.24) is 0 Å². The summed E-state index contributed by atoms with van der Waals surface area (Å²) in [5, 5.41) is 18.8. The molecule has 1 aliphatic rings. The van der Waals surface area contributed by atoms with E-state index >= 15 is 0 Å². The third-order valence-electron chi connectivity index (χ3n) is 1.38. The predicted octanol–water partition coefficient (Wildman–Crippen LogP) is -1.01. The summed E-state index contributed by atoms with van der Waals surface area (Å²) in [6.07, 6.45) is 1.69. The van der Waals surface area contributed by atoms with E-state index in [9.17, 15) is 19.8 Å². The molecular weight excluding hydrogens is 208 g/mol. The van der Waals surface area contributed by atoms with Gasteiger partial charge in [0.15, 0.2) is 0 Å². The van der Waals surface area contributed by atoms with Crippen LogP contribution in [0, 0.1) is 0 Å². The molecular formula is C8H10O7. The SMILES string of the molecule is CC(=O)OC1(O)C=CC(O)(OC(C)=O)O1. The Labute approximate surface area is 84.9 Å². The summed E-state index contributed by atoms with van der Waals surface area (Å²) in [5.41, 5.74) is 0. The largest absolute Gasteiger partial charge is 0.404 e. The van der Waals surface area contributed by atoms with Crippen molar-refractivity contribution < 1.29 is 34.0 Å². The maximum absolute atomic E-state index is 10.6. The van der Waals surface area contributed by atoms with Crippen LogP contribution in [0.3, 0.4) is 0 Å². The number of carbonyl (C=O) groups excluding carboxylic acids is 2. The number of hydrogen-bond acceptors (Lipinski definition) is 7. The van der Waals surface area contributed by atoms with Gasteiger partial charge < -0.3 is 19.7 Å². The Morgan fingerprint density at radius 3 is 1.67 bits per heavy atom. The number of esters is 2. The first-order chi connectivity index (χ1) is 6.75. The normalized spacial score (nSPS) is 33.9. The van der Waals surface area contributed by atoms with E-state index in [0.29, 0.717) is 0 Å². The van der Waals surface area contributed by atoms with Crippen LogP contribution in [-0.2, 0) is 23.8 Å². The van der Waals surface area contributed by atoms with Crippen LogP contribution in [0.15, 0.2) is 12.2 Å². The molecule has 0 aromatic rings. The third kappa shape index (κ3) is 3.01. The summed E-state index contributed by atoms with van der Waals surface area (Å²) >= 11 is 0. The molecule has 7 nitrogen and oxygen atoms in total. The lowest BCUT2D eigenvalue weighted by Crippen LogP contribution is -2.42. The Kier molecular flexibility index (Phi) is 2.80. The second-order valence-electron chi connectivity index (χ2n) is 2.88. The van der Waals surface area contributed by atoms with Crippen LogP contribution in [0.25, 0.3) is 0 Å². The highest BCUT2D eigenvalue weighted by molar-refractivity contribution is 5.67. The van der Waals surface area contributed by atoms with Crippen LogP contribution in [0.4, 0.5) is 0 Å². The number of carbonyl (C=O) groups is 2. The highest BCUT2D eigenvalue weighted by atomic mass is 16.9. The Bertz CT molecular complexity index is 293. The number of rotatable bonds is 2. The molecule has 1 aliphatic heterocycles. The van der Waals surface area contributed by atoms with Crippen LogP contribution >= 0.6 is 0 Å². The summed E-state index contributed by atoms with van der Waals surface area (Å²) < 4.78 is 13.1. The van der Waals surface area contributed by atoms with E-state index in [1.807, 2.05) is 0 Å². The van der Waals surface area contributed by atoms with Gasteiger partial charge in [-0.05, 0) is 0 Å². The molecule has 0 bridgehead atoms.